The van der Waals surface area contributed by atoms with Crippen molar-refractivity contribution in [3.05, 3.63) is 42.0 Å². The van der Waals surface area contributed by atoms with Gasteiger partial charge in [-0.25, -0.2) is 9.69 Å². The Morgan fingerprint density at radius 3 is 2.28 bits per heavy atom. The molecule has 5 heteroatoms. The van der Waals surface area contributed by atoms with Gasteiger partial charge in [0.2, 0.25) is 11.8 Å². The third kappa shape index (κ3) is 1.71. The molecule has 5 rings (SSSR count). The van der Waals surface area contributed by atoms with Gasteiger partial charge in [-0.2, -0.15) is 0 Å². The van der Waals surface area contributed by atoms with Crippen molar-refractivity contribution in [2.24, 2.45) is 29.1 Å². The zero-order valence-electron chi connectivity index (χ0n) is 14.0. The number of imide groups is 1. The van der Waals surface area contributed by atoms with Gasteiger partial charge in [0.25, 0.3) is 0 Å². The summed E-state index contributed by atoms with van der Waals surface area (Å²) in [5.41, 5.74) is 0.801. The number of fused-ring (bicyclic) bond motifs is 3. The number of para-hydroxylation sites is 1. The Hall–Kier alpha value is -2.43. The van der Waals surface area contributed by atoms with Gasteiger partial charge in [0.1, 0.15) is 0 Å². The highest BCUT2D eigenvalue weighted by molar-refractivity contribution is 6.24. The van der Waals surface area contributed by atoms with Crippen LogP contribution in [0.1, 0.15) is 30.1 Å². The van der Waals surface area contributed by atoms with Gasteiger partial charge in [0.15, 0.2) is 0 Å². The van der Waals surface area contributed by atoms with Gasteiger partial charge in [0, 0.05) is 0 Å². The number of hydrogen-bond acceptors (Lipinski definition) is 4. The summed E-state index contributed by atoms with van der Waals surface area (Å²) in [4.78, 5) is 39.8. The van der Waals surface area contributed by atoms with E-state index < -0.39 is 5.97 Å². The first-order valence-corrected chi connectivity index (χ1v) is 8.92. The van der Waals surface area contributed by atoms with Crippen LogP contribution in [-0.2, 0) is 14.3 Å². The normalized spacial score (nSPS) is 33.2. The smallest absolute Gasteiger partial charge is 0.340 e. The number of carbonyl (C=O) groups excluding carboxylic acids is 3. The summed E-state index contributed by atoms with van der Waals surface area (Å²) in [5, 5.41) is 0. The zero-order valence-corrected chi connectivity index (χ0v) is 14.0. The Bertz CT molecular complexity index is 804. The van der Waals surface area contributed by atoms with Crippen LogP contribution in [0.4, 0.5) is 5.69 Å². The maximum absolute atomic E-state index is 13.2. The number of esters is 1. The quantitative estimate of drug-likeness (QED) is 0.483. The first kappa shape index (κ1) is 14.9. The number of hydrogen-bond donors (Lipinski definition) is 0. The molecule has 0 unspecified atom stereocenters. The topological polar surface area (TPSA) is 63.7 Å². The lowest BCUT2D eigenvalue weighted by Crippen LogP contribution is -2.35. The molecule has 2 saturated carbocycles. The van der Waals surface area contributed by atoms with Gasteiger partial charge in [0.05, 0.1) is 29.7 Å². The lowest BCUT2D eigenvalue weighted by molar-refractivity contribution is -0.123. The van der Waals surface area contributed by atoms with E-state index in [1.54, 1.807) is 31.2 Å². The second kappa shape index (κ2) is 4.81. The standard InChI is InChI=1S/C20H19NO4/c1-2-25-19(24)11-5-3-4-6-14(11)21-17(22)15-12-7-8-13(16(15)18(21)23)20(12)9-10-20/h3-8,12-13,15-16H,2,9-10H2,1H3/t12-,13-,15-,16-/m0/s1. The molecule has 0 N–H and O–H groups in total. The van der Waals surface area contributed by atoms with Gasteiger partial charge in [-0.15, -0.1) is 0 Å². The first-order chi connectivity index (χ1) is 12.1. The number of amides is 2. The molecule has 1 heterocycles. The Balaban J connectivity index is 1.55. The summed E-state index contributed by atoms with van der Waals surface area (Å²) in [6.07, 6.45) is 6.51. The molecule has 1 aliphatic heterocycles. The van der Waals surface area contributed by atoms with E-state index in [9.17, 15) is 14.4 Å². The Morgan fingerprint density at radius 2 is 1.72 bits per heavy atom. The molecule has 3 fully saturated rings. The molecule has 2 amide bonds. The predicted octanol–water partition coefficient (Wildman–Crippen LogP) is 2.56. The van der Waals surface area contributed by atoms with Crippen LogP contribution in [-0.4, -0.2) is 24.4 Å². The molecule has 0 radical (unpaired) electrons. The molecule has 128 valence electrons. The minimum atomic E-state index is -0.504. The van der Waals surface area contributed by atoms with Crippen molar-refractivity contribution < 1.29 is 19.1 Å². The molecule has 1 spiro atoms. The third-order valence-electron chi connectivity index (χ3n) is 6.49. The van der Waals surface area contributed by atoms with Gasteiger partial charge in [-0.3, -0.25) is 9.59 Å². The molecule has 5 nitrogen and oxygen atoms in total. The number of allylic oxidation sites excluding steroid dienone is 2. The summed E-state index contributed by atoms with van der Waals surface area (Å²) in [7, 11) is 0. The van der Waals surface area contributed by atoms with E-state index >= 15 is 0 Å². The van der Waals surface area contributed by atoms with Crippen molar-refractivity contribution in [3.63, 3.8) is 0 Å². The minimum absolute atomic E-state index is 0.158. The number of rotatable bonds is 3. The third-order valence-corrected chi connectivity index (χ3v) is 6.49. The van der Waals surface area contributed by atoms with Crippen molar-refractivity contribution in [3.8, 4) is 0 Å². The molecule has 1 aromatic rings. The van der Waals surface area contributed by atoms with Gasteiger partial charge < -0.3 is 4.74 Å². The fraction of sp³-hybridized carbons (Fsp3) is 0.450. The van der Waals surface area contributed by atoms with Crippen LogP contribution in [0, 0.1) is 29.1 Å². The molecule has 4 aliphatic rings. The average Bonchev–Trinajstić information content (AvgIpc) is 3.20. The van der Waals surface area contributed by atoms with E-state index in [0.717, 1.165) is 12.8 Å². The van der Waals surface area contributed by atoms with Crippen molar-refractivity contribution in [2.75, 3.05) is 11.5 Å². The summed E-state index contributed by atoms with van der Waals surface area (Å²) in [5.74, 6) is -0.988. The summed E-state index contributed by atoms with van der Waals surface area (Å²) in [6, 6.07) is 6.72. The van der Waals surface area contributed by atoms with Crippen LogP contribution >= 0.6 is 0 Å². The van der Waals surface area contributed by atoms with E-state index in [1.165, 1.54) is 4.90 Å². The highest BCUT2D eigenvalue weighted by Crippen LogP contribution is 2.73. The van der Waals surface area contributed by atoms with Gasteiger partial charge >= 0.3 is 5.97 Å². The molecule has 1 saturated heterocycles. The second-order valence-corrected chi connectivity index (χ2v) is 7.47. The fourth-order valence-corrected chi connectivity index (χ4v) is 5.37. The number of nitrogens with zero attached hydrogens (tertiary/aromatic N) is 1. The van der Waals surface area contributed by atoms with Crippen LogP contribution in [0.3, 0.4) is 0 Å². The number of benzene rings is 1. The van der Waals surface area contributed by atoms with E-state index in [2.05, 4.69) is 12.2 Å². The Labute approximate surface area is 145 Å². The van der Waals surface area contributed by atoms with Gasteiger partial charge in [-0.1, -0.05) is 24.3 Å². The highest BCUT2D eigenvalue weighted by Gasteiger charge is 2.73. The average molecular weight is 337 g/mol. The van der Waals surface area contributed by atoms with Crippen molar-refractivity contribution in [2.45, 2.75) is 19.8 Å². The van der Waals surface area contributed by atoms with Crippen molar-refractivity contribution in [1.82, 2.24) is 0 Å². The molecule has 0 aromatic heterocycles. The van der Waals surface area contributed by atoms with Crippen LogP contribution < -0.4 is 4.90 Å². The monoisotopic (exact) mass is 337 g/mol. The lowest BCUT2D eigenvalue weighted by Gasteiger charge is -2.23. The van der Waals surface area contributed by atoms with E-state index in [1.807, 2.05) is 0 Å². The van der Waals surface area contributed by atoms with Crippen LogP contribution in [0.25, 0.3) is 0 Å². The molecular formula is C20H19NO4. The molecule has 25 heavy (non-hydrogen) atoms. The first-order valence-electron chi connectivity index (χ1n) is 8.92. The maximum Gasteiger partial charge on any atom is 0.340 e. The number of ether oxygens (including phenoxy) is 1. The number of anilines is 1. The summed E-state index contributed by atoms with van der Waals surface area (Å²) < 4.78 is 5.09. The summed E-state index contributed by atoms with van der Waals surface area (Å²) >= 11 is 0. The van der Waals surface area contributed by atoms with Crippen LogP contribution in [0.2, 0.25) is 0 Å². The molecule has 1 aromatic carbocycles. The molecule has 4 atom stereocenters. The largest absolute Gasteiger partial charge is 0.462 e. The fourth-order valence-electron chi connectivity index (χ4n) is 5.37. The SMILES string of the molecule is CCOC(=O)c1ccccc1N1C(=O)[C@@H]2[C@@H](C1=O)[C@@H]1C=C[C@@H]2C12CC2. The lowest BCUT2D eigenvalue weighted by atomic mass is 9.85. The molecule has 2 bridgehead atoms. The Morgan fingerprint density at radius 1 is 1.12 bits per heavy atom. The Kier molecular flexibility index (Phi) is 2.86. The van der Waals surface area contributed by atoms with E-state index in [4.69, 9.17) is 4.74 Å². The van der Waals surface area contributed by atoms with Gasteiger partial charge in [-0.05, 0) is 49.1 Å². The number of carbonyl (C=O) groups is 3. The minimum Gasteiger partial charge on any atom is -0.462 e. The van der Waals surface area contributed by atoms with Crippen molar-refractivity contribution >= 4 is 23.5 Å². The van der Waals surface area contributed by atoms with Crippen LogP contribution in [0.15, 0.2) is 36.4 Å². The van der Waals surface area contributed by atoms with E-state index in [-0.39, 0.29) is 53.1 Å². The van der Waals surface area contributed by atoms with Crippen molar-refractivity contribution in [1.29, 1.82) is 0 Å². The zero-order chi connectivity index (χ0) is 17.3. The summed E-state index contributed by atoms with van der Waals surface area (Å²) in [6.45, 7) is 1.98. The van der Waals surface area contributed by atoms with E-state index in [0.29, 0.717) is 5.69 Å². The second-order valence-electron chi connectivity index (χ2n) is 7.47. The highest BCUT2D eigenvalue weighted by atomic mass is 16.5. The van der Waals surface area contributed by atoms with Crippen LogP contribution in [0.5, 0.6) is 0 Å². The maximum atomic E-state index is 13.2. The molecular weight excluding hydrogens is 318 g/mol. The predicted molar refractivity (Wildman–Crippen MR) is 89.7 cm³/mol. The molecule has 3 aliphatic carbocycles.